The summed E-state index contributed by atoms with van der Waals surface area (Å²) in [6, 6.07) is 14.5. The zero-order chi connectivity index (χ0) is 45.2. The maximum atomic E-state index is 9.10. The van der Waals surface area contributed by atoms with Crippen LogP contribution in [0.2, 0.25) is 0 Å². The van der Waals surface area contributed by atoms with Crippen LogP contribution in [0.3, 0.4) is 0 Å². The molecule has 0 bridgehead atoms. The Bertz CT molecular complexity index is 3610. The van der Waals surface area contributed by atoms with Crippen LogP contribution in [0.1, 0.15) is 19.2 Å². The second-order valence-electron chi connectivity index (χ2n) is 11.3. The molecule has 0 saturated carbocycles. The van der Waals surface area contributed by atoms with Gasteiger partial charge in [0.15, 0.2) is 17.5 Å². The normalized spacial score (nSPS) is 15.5. The number of para-hydroxylation sites is 3. The van der Waals surface area contributed by atoms with Gasteiger partial charge in [0.05, 0.1) is 19.2 Å². The predicted molar refractivity (Wildman–Crippen MR) is 202 cm³/mol. The Morgan fingerprint density at radius 1 is 0.380 bits per heavy atom. The summed E-state index contributed by atoms with van der Waals surface area (Å²) in [6.45, 7) is 0. The molecule has 234 valence electrons. The first-order valence-electron chi connectivity index (χ1n) is 22.5. The van der Waals surface area contributed by atoms with Crippen LogP contribution in [-0.2, 0) is 0 Å². The lowest BCUT2D eigenvalue weighted by atomic mass is 10.00. The number of hydrogen-bond donors (Lipinski definition) is 0. The Hall–Kier alpha value is -6.85. The van der Waals surface area contributed by atoms with Gasteiger partial charge < -0.3 is 8.83 Å². The highest BCUT2D eigenvalue weighted by atomic mass is 16.3. The number of benzene rings is 7. The molecule has 0 aliphatic rings. The largest absolute Gasteiger partial charge is 0.455 e. The number of nitrogens with zero attached hydrogens (tertiary/aromatic N) is 3. The monoisotopic (exact) mass is 655 g/mol. The average Bonchev–Trinajstić information content (AvgIpc) is 3.88. The summed E-state index contributed by atoms with van der Waals surface area (Å²) in [5, 5.41) is 3.42. The van der Waals surface area contributed by atoms with Gasteiger partial charge in [0, 0.05) is 49.4 Å². The van der Waals surface area contributed by atoms with Crippen molar-refractivity contribution in [2.24, 2.45) is 0 Å². The smallest absolute Gasteiger partial charge is 0.164 e. The average molecular weight is 656 g/mol. The van der Waals surface area contributed by atoms with E-state index in [0.717, 1.165) is 38.3 Å². The highest BCUT2D eigenvalue weighted by Gasteiger charge is 2.19. The van der Waals surface area contributed by atoms with Gasteiger partial charge in [-0.25, -0.2) is 15.0 Å². The lowest BCUT2D eigenvalue weighted by molar-refractivity contribution is 0.665. The number of fused-ring (bicyclic) bond motifs is 6. The van der Waals surface area contributed by atoms with Gasteiger partial charge in [-0.1, -0.05) is 145 Å². The summed E-state index contributed by atoms with van der Waals surface area (Å²) in [5.74, 6) is -1.05. The fourth-order valence-electron chi connectivity index (χ4n) is 6.12. The molecule has 0 radical (unpaired) electrons. The molecule has 0 aliphatic heterocycles. The zero-order valence-electron chi connectivity index (χ0n) is 39.7. The van der Waals surface area contributed by atoms with Crippen molar-refractivity contribution in [2.75, 3.05) is 0 Å². The van der Waals surface area contributed by atoms with E-state index in [-0.39, 0.29) is 11.4 Å². The second-order valence-corrected chi connectivity index (χ2v) is 11.3. The molecule has 5 nitrogen and oxygen atoms in total. The lowest BCUT2D eigenvalue weighted by Crippen LogP contribution is -2.00. The molecule has 0 amide bonds. The molecule has 0 saturated heterocycles. The van der Waals surface area contributed by atoms with Crippen molar-refractivity contribution in [1.29, 1.82) is 0 Å². The summed E-state index contributed by atoms with van der Waals surface area (Å²) in [4.78, 5) is 13.6. The van der Waals surface area contributed by atoms with E-state index in [1.807, 2.05) is 60.7 Å². The number of rotatable bonds is 5. The molecular weight excluding hydrogens is 615 g/mol. The third-order valence-electron chi connectivity index (χ3n) is 8.41. The first-order valence-corrected chi connectivity index (χ1v) is 15.5. The highest BCUT2D eigenvalue weighted by Crippen LogP contribution is 2.41. The summed E-state index contributed by atoms with van der Waals surface area (Å²) < 4.78 is 133. The number of furan rings is 2. The Balaban J connectivity index is 1.20. The minimum atomic E-state index is -0.765. The first-order chi connectivity index (χ1) is 30.6. The van der Waals surface area contributed by atoms with E-state index in [1.54, 1.807) is 18.2 Å². The molecule has 10 aromatic rings. The summed E-state index contributed by atoms with van der Waals surface area (Å²) in [5.41, 5.74) is 2.24. The maximum absolute atomic E-state index is 9.10. The number of hydrogen-bond acceptors (Lipinski definition) is 5. The zero-order valence-corrected chi connectivity index (χ0v) is 25.7. The quantitative estimate of drug-likeness (QED) is 0.185. The third-order valence-corrected chi connectivity index (χ3v) is 8.41. The van der Waals surface area contributed by atoms with Crippen molar-refractivity contribution in [3.05, 3.63) is 163 Å². The topological polar surface area (TPSA) is 65.0 Å². The van der Waals surface area contributed by atoms with Crippen LogP contribution < -0.4 is 0 Å². The molecule has 3 aromatic heterocycles. The fourth-order valence-corrected chi connectivity index (χ4v) is 6.12. The second kappa shape index (κ2) is 11.4. The standard InChI is InChI=1S/C45H27N3O2/c1-3-11-28(12-4-1)29-21-23-31(24-22-29)44-46-43(30-13-5-2-6-14-30)47-45(48-44)32-25-26-34-36-17-10-19-38(42(36)50-40(34)27-32)37-18-9-16-35-33-15-7-8-20-39(33)49-41(35)37/h1-27H/i1D,2D,3D,4D,5D,6D,11D,12D,13D,14D,21D,22D,23D,24D. The van der Waals surface area contributed by atoms with Crippen LogP contribution in [0.25, 0.3) is 100 Å². The Labute approximate surface area is 306 Å². The summed E-state index contributed by atoms with van der Waals surface area (Å²) in [6.07, 6.45) is 0. The molecule has 5 heteroatoms. The van der Waals surface area contributed by atoms with Gasteiger partial charge in [0.25, 0.3) is 0 Å². The van der Waals surface area contributed by atoms with Crippen LogP contribution in [0.5, 0.6) is 0 Å². The molecule has 3 heterocycles. The van der Waals surface area contributed by atoms with Crippen LogP contribution in [0.4, 0.5) is 0 Å². The fraction of sp³-hybridized carbons (Fsp3) is 0. The molecule has 0 unspecified atom stereocenters. The van der Waals surface area contributed by atoms with Crippen LogP contribution >= 0.6 is 0 Å². The van der Waals surface area contributed by atoms with Crippen LogP contribution in [0, 0.1) is 0 Å². The van der Waals surface area contributed by atoms with E-state index >= 15 is 0 Å². The van der Waals surface area contributed by atoms with E-state index in [4.69, 9.17) is 28.0 Å². The predicted octanol–water partition coefficient (Wildman–Crippen LogP) is 12.0. The van der Waals surface area contributed by atoms with Crippen molar-refractivity contribution in [3.63, 3.8) is 0 Å². The van der Waals surface area contributed by atoms with Gasteiger partial charge in [-0.05, 0) is 29.3 Å². The van der Waals surface area contributed by atoms with Gasteiger partial charge in [-0.2, -0.15) is 0 Å². The van der Waals surface area contributed by atoms with Crippen molar-refractivity contribution in [3.8, 4) is 56.4 Å². The van der Waals surface area contributed by atoms with E-state index in [9.17, 15) is 0 Å². The maximum Gasteiger partial charge on any atom is 0.164 e. The molecule has 50 heavy (non-hydrogen) atoms. The van der Waals surface area contributed by atoms with Crippen molar-refractivity contribution in [2.45, 2.75) is 0 Å². The van der Waals surface area contributed by atoms with E-state index in [1.165, 1.54) is 0 Å². The molecule has 0 atom stereocenters. The van der Waals surface area contributed by atoms with Gasteiger partial charge in [-0.15, -0.1) is 0 Å². The van der Waals surface area contributed by atoms with Crippen molar-refractivity contribution < 1.29 is 28.0 Å². The molecule has 0 fully saturated rings. The SMILES string of the molecule is [2H]c1c([2H])c([2H])c(-c2nc(-c3ccc4c(c3)oc3c(-c5cccc6c5oc5ccccc56)cccc34)nc(-c3c([2H])c([2H])c(-c4c([2H])c([2H])c([2H])c([2H])c4[2H])c([2H])c3[2H])n2)c([2H])c1[2H]. The van der Waals surface area contributed by atoms with Crippen LogP contribution in [0.15, 0.2) is 172 Å². The highest BCUT2D eigenvalue weighted by molar-refractivity contribution is 6.15. The van der Waals surface area contributed by atoms with E-state index in [0.29, 0.717) is 16.7 Å². The number of aromatic nitrogens is 3. The van der Waals surface area contributed by atoms with Gasteiger partial charge in [-0.3, -0.25) is 0 Å². The Morgan fingerprint density at radius 2 is 0.860 bits per heavy atom. The molecule has 0 spiro atoms. The lowest BCUT2D eigenvalue weighted by Gasteiger charge is -2.09. The van der Waals surface area contributed by atoms with Gasteiger partial charge in [0.2, 0.25) is 0 Å². The van der Waals surface area contributed by atoms with Gasteiger partial charge >= 0.3 is 0 Å². The first kappa shape index (κ1) is 17.5. The summed E-state index contributed by atoms with van der Waals surface area (Å²) >= 11 is 0. The molecule has 7 aromatic carbocycles. The van der Waals surface area contributed by atoms with E-state index < -0.39 is 118 Å². The van der Waals surface area contributed by atoms with Crippen molar-refractivity contribution >= 4 is 43.9 Å². The molecule has 0 aliphatic carbocycles. The Morgan fingerprint density at radius 3 is 1.52 bits per heavy atom. The van der Waals surface area contributed by atoms with Gasteiger partial charge in [0.1, 0.15) is 22.3 Å². The minimum Gasteiger partial charge on any atom is -0.455 e. The molecule has 0 N–H and O–H groups in total. The Kier molecular flexibility index (Phi) is 3.99. The third kappa shape index (κ3) is 4.67. The minimum absolute atomic E-state index is 0.145. The van der Waals surface area contributed by atoms with Crippen LogP contribution in [-0.4, -0.2) is 15.0 Å². The van der Waals surface area contributed by atoms with Crippen molar-refractivity contribution in [1.82, 2.24) is 15.0 Å². The molecule has 10 rings (SSSR count). The summed E-state index contributed by atoms with van der Waals surface area (Å²) in [7, 11) is 0. The van der Waals surface area contributed by atoms with E-state index in [2.05, 4.69) is 15.0 Å². The molecular formula is C45H27N3O2.